The van der Waals surface area contributed by atoms with Gasteiger partial charge in [-0.25, -0.2) is 9.37 Å². The van der Waals surface area contributed by atoms with Crippen LogP contribution in [-0.2, 0) is 16.1 Å². The first-order chi connectivity index (χ1) is 17.5. The van der Waals surface area contributed by atoms with Gasteiger partial charge in [0.25, 0.3) is 5.91 Å². The molecule has 1 fully saturated rings. The summed E-state index contributed by atoms with van der Waals surface area (Å²) in [5.41, 5.74) is 9.24. The summed E-state index contributed by atoms with van der Waals surface area (Å²) in [5.74, 6) is 0.291. The Bertz CT molecular complexity index is 1460. The number of amides is 2. The second-order valence-electron chi connectivity index (χ2n) is 8.48. The van der Waals surface area contributed by atoms with Crippen LogP contribution in [0, 0.1) is 5.82 Å². The zero-order chi connectivity index (χ0) is 25.1. The largest absolute Gasteiger partial charge is 0.367 e. The number of primary amides is 1. The minimum Gasteiger partial charge on any atom is -0.367 e. The number of nitrogens with two attached hydrogens (primary N) is 1. The van der Waals surface area contributed by atoms with Crippen LogP contribution >= 0.6 is 0 Å². The summed E-state index contributed by atoms with van der Waals surface area (Å²) >= 11 is 0. The summed E-state index contributed by atoms with van der Waals surface area (Å²) < 4.78 is 15.1. The smallest absolute Gasteiger partial charge is 0.265 e. The first-order valence-electron chi connectivity index (χ1n) is 11.5. The van der Waals surface area contributed by atoms with Gasteiger partial charge >= 0.3 is 0 Å². The third-order valence-corrected chi connectivity index (χ3v) is 5.84. The van der Waals surface area contributed by atoms with E-state index in [4.69, 9.17) is 10.7 Å². The van der Waals surface area contributed by atoms with E-state index in [-0.39, 0.29) is 11.5 Å². The summed E-state index contributed by atoms with van der Waals surface area (Å²) in [6.45, 7) is 0.470. The van der Waals surface area contributed by atoms with Gasteiger partial charge in [-0.1, -0.05) is 36.4 Å². The number of hydrogen-bond acceptors (Lipinski definition) is 6. The molecule has 4 aromatic rings. The molecular weight excluding hydrogens is 461 g/mol. The molecule has 0 aliphatic heterocycles. The molecule has 2 amide bonds. The maximum atomic E-state index is 13.4. The van der Waals surface area contributed by atoms with Crippen LogP contribution in [0.2, 0.25) is 0 Å². The normalized spacial score (nSPS) is 13.4. The molecule has 0 saturated heterocycles. The average molecular weight is 486 g/mol. The van der Waals surface area contributed by atoms with Gasteiger partial charge in [-0.05, 0) is 47.7 Å². The Morgan fingerprint density at radius 1 is 1.17 bits per heavy atom. The molecule has 9 nitrogen and oxygen atoms in total. The van der Waals surface area contributed by atoms with Crippen LogP contribution < -0.4 is 21.7 Å². The molecule has 2 heterocycles. The Hall–Kier alpha value is -4.73. The van der Waals surface area contributed by atoms with E-state index in [1.165, 1.54) is 18.2 Å². The third-order valence-electron chi connectivity index (χ3n) is 5.84. The van der Waals surface area contributed by atoms with Gasteiger partial charge < -0.3 is 21.7 Å². The molecule has 0 unspecified atom stereocenters. The molecule has 1 aliphatic rings. The lowest BCUT2D eigenvalue weighted by molar-refractivity contribution is -0.116. The van der Waals surface area contributed by atoms with E-state index >= 15 is 0 Å². The van der Waals surface area contributed by atoms with Crippen LogP contribution in [0.25, 0.3) is 22.9 Å². The van der Waals surface area contributed by atoms with Gasteiger partial charge in [-0.2, -0.15) is 9.61 Å². The summed E-state index contributed by atoms with van der Waals surface area (Å²) in [4.78, 5) is 27.3. The van der Waals surface area contributed by atoms with E-state index in [9.17, 15) is 14.0 Å². The molecule has 182 valence electrons. The van der Waals surface area contributed by atoms with Crippen molar-refractivity contribution in [2.45, 2.75) is 25.4 Å². The number of carbonyl (C=O) groups excluding carboxylic acids is 2. The fourth-order valence-electron chi connectivity index (χ4n) is 3.89. The minimum atomic E-state index is -0.774. The number of nitrogens with zero attached hydrogens (tertiary/aromatic N) is 3. The van der Waals surface area contributed by atoms with Crippen LogP contribution in [0.3, 0.4) is 0 Å². The fourth-order valence-corrected chi connectivity index (χ4v) is 3.89. The van der Waals surface area contributed by atoms with Crippen molar-refractivity contribution in [3.63, 3.8) is 0 Å². The number of benzene rings is 2. The number of nitrogens with one attached hydrogen (secondary N) is 3. The topological polar surface area (TPSA) is 126 Å². The van der Waals surface area contributed by atoms with E-state index in [1.807, 2.05) is 30.3 Å². The van der Waals surface area contributed by atoms with Crippen LogP contribution in [0.1, 0.15) is 24.0 Å². The average Bonchev–Trinajstić information content (AvgIpc) is 3.61. The number of aromatic nitrogens is 3. The lowest BCUT2D eigenvalue weighted by Crippen LogP contribution is -2.24. The number of rotatable bonds is 10. The standard InChI is InChI=1S/C26H24FN7O2/c27-19-7-5-16(6-8-19)21-4-2-1-3-17(21)13-29-23-12-24(32-20-9-10-20)34-26(33-23)18(14-31-34)11-22(25(28)36)30-15-35/h1-8,11-12,14-15,20,32H,9-10,13H2,(H2,28,36)(H,29,33)(H,30,35)/b22-11-. The molecule has 2 aromatic heterocycles. The highest BCUT2D eigenvalue weighted by Gasteiger charge is 2.23. The molecule has 2 aromatic carbocycles. The lowest BCUT2D eigenvalue weighted by Gasteiger charge is -2.14. The molecule has 5 rings (SSSR count). The summed E-state index contributed by atoms with van der Waals surface area (Å²) in [6, 6.07) is 16.5. The van der Waals surface area contributed by atoms with Gasteiger partial charge in [-0.15, -0.1) is 0 Å². The third kappa shape index (κ3) is 5.02. The van der Waals surface area contributed by atoms with Crippen LogP contribution in [0.15, 0.2) is 66.5 Å². The predicted octanol–water partition coefficient (Wildman–Crippen LogP) is 3.29. The van der Waals surface area contributed by atoms with E-state index in [0.29, 0.717) is 36.0 Å². The molecule has 1 saturated carbocycles. The minimum absolute atomic E-state index is 0.0648. The molecule has 0 radical (unpaired) electrons. The Kier molecular flexibility index (Phi) is 6.31. The van der Waals surface area contributed by atoms with Crippen molar-refractivity contribution in [2.75, 3.05) is 10.6 Å². The molecular formula is C26H24FN7O2. The molecule has 5 N–H and O–H groups in total. The van der Waals surface area contributed by atoms with Gasteiger partial charge in [-0.3, -0.25) is 9.59 Å². The first-order valence-corrected chi connectivity index (χ1v) is 11.5. The molecule has 0 atom stereocenters. The van der Waals surface area contributed by atoms with E-state index in [2.05, 4.69) is 21.0 Å². The first kappa shape index (κ1) is 23.0. The van der Waals surface area contributed by atoms with Crippen molar-refractivity contribution in [1.82, 2.24) is 19.9 Å². The maximum absolute atomic E-state index is 13.4. The van der Waals surface area contributed by atoms with Gasteiger partial charge in [0.1, 0.15) is 23.1 Å². The van der Waals surface area contributed by atoms with Crippen LogP contribution in [0.4, 0.5) is 16.0 Å². The summed E-state index contributed by atoms with van der Waals surface area (Å²) in [7, 11) is 0. The van der Waals surface area contributed by atoms with Crippen molar-refractivity contribution < 1.29 is 14.0 Å². The number of carbonyl (C=O) groups is 2. The van der Waals surface area contributed by atoms with E-state index in [1.54, 1.807) is 22.8 Å². The van der Waals surface area contributed by atoms with E-state index < -0.39 is 5.91 Å². The summed E-state index contributed by atoms with van der Waals surface area (Å²) in [5, 5.41) is 13.6. The fraction of sp³-hybridized carbons (Fsp3) is 0.154. The molecule has 10 heteroatoms. The molecule has 0 bridgehead atoms. The lowest BCUT2D eigenvalue weighted by atomic mass is 9.99. The molecule has 1 aliphatic carbocycles. The highest BCUT2D eigenvalue weighted by molar-refractivity contribution is 5.98. The number of hydrogen-bond donors (Lipinski definition) is 4. The van der Waals surface area contributed by atoms with Gasteiger partial charge in [0, 0.05) is 24.2 Å². The molecule has 0 spiro atoms. The van der Waals surface area contributed by atoms with Gasteiger partial charge in [0.05, 0.1) is 6.20 Å². The Balaban J connectivity index is 1.49. The Morgan fingerprint density at radius 3 is 2.67 bits per heavy atom. The van der Waals surface area contributed by atoms with Crippen molar-refractivity contribution in [3.05, 3.63) is 83.4 Å². The van der Waals surface area contributed by atoms with Crippen molar-refractivity contribution in [2.24, 2.45) is 5.73 Å². The SMILES string of the molecule is NC(=O)/C(=C/c1cnn2c(NC3CC3)cc(NCc3ccccc3-c3ccc(F)cc3)nc12)NC=O. The monoisotopic (exact) mass is 485 g/mol. The van der Waals surface area contributed by atoms with Crippen molar-refractivity contribution in [3.8, 4) is 11.1 Å². The zero-order valence-corrected chi connectivity index (χ0v) is 19.2. The summed E-state index contributed by atoms with van der Waals surface area (Å²) in [6.07, 6.45) is 5.53. The Morgan fingerprint density at radius 2 is 1.94 bits per heavy atom. The highest BCUT2D eigenvalue weighted by Crippen LogP contribution is 2.29. The quantitative estimate of drug-likeness (QED) is 0.202. The van der Waals surface area contributed by atoms with Crippen molar-refractivity contribution >= 4 is 35.7 Å². The second kappa shape index (κ2) is 9.87. The van der Waals surface area contributed by atoms with Gasteiger partial charge in [0.15, 0.2) is 5.65 Å². The number of anilines is 2. The second-order valence-corrected chi connectivity index (χ2v) is 8.48. The zero-order valence-electron chi connectivity index (χ0n) is 19.2. The highest BCUT2D eigenvalue weighted by atomic mass is 19.1. The van der Waals surface area contributed by atoms with Crippen molar-refractivity contribution in [1.29, 1.82) is 0 Å². The van der Waals surface area contributed by atoms with E-state index in [0.717, 1.165) is 35.3 Å². The number of halogens is 1. The maximum Gasteiger partial charge on any atom is 0.265 e. The van der Waals surface area contributed by atoms with Crippen LogP contribution in [-0.4, -0.2) is 33.0 Å². The predicted molar refractivity (Wildman–Crippen MR) is 135 cm³/mol. The number of fused-ring (bicyclic) bond motifs is 1. The van der Waals surface area contributed by atoms with Gasteiger partial charge in [0.2, 0.25) is 6.41 Å². The van der Waals surface area contributed by atoms with Crippen LogP contribution in [0.5, 0.6) is 0 Å². The Labute approximate surface area is 206 Å². The molecule has 36 heavy (non-hydrogen) atoms.